The minimum atomic E-state index is 0.605. The highest BCUT2D eigenvalue weighted by atomic mass is 35.5. The zero-order valence-electron chi connectivity index (χ0n) is 9.96. The first-order chi connectivity index (χ1) is 8.17. The maximum atomic E-state index is 6.15. The molecule has 3 nitrogen and oxygen atoms in total. The van der Waals surface area contributed by atoms with Gasteiger partial charge in [0, 0.05) is 16.8 Å². The number of nitrogens with zero attached hydrogens (tertiary/aromatic N) is 1. The first-order valence-electron chi connectivity index (χ1n) is 5.59. The Bertz CT molecular complexity index is 555. The van der Waals surface area contributed by atoms with Gasteiger partial charge in [-0.3, -0.25) is 0 Å². The summed E-state index contributed by atoms with van der Waals surface area (Å²) in [4.78, 5) is 4.57. The molecule has 0 saturated carbocycles. The summed E-state index contributed by atoms with van der Waals surface area (Å²) >= 11 is 6.15. The van der Waals surface area contributed by atoms with Crippen LogP contribution in [-0.2, 0) is 6.42 Å². The fourth-order valence-electron chi connectivity index (χ4n) is 1.91. The average molecular weight is 251 g/mol. The van der Waals surface area contributed by atoms with Crippen LogP contribution >= 0.6 is 11.6 Å². The molecule has 0 aliphatic heterocycles. The molecule has 0 aliphatic rings. The molecule has 0 fully saturated rings. The van der Waals surface area contributed by atoms with Gasteiger partial charge in [-0.25, -0.2) is 4.98 Å². The Hall–Kier alpha value is -1.48. The Labute approximate surface area is 106 Å². The standard InChI is InChI=1S/C13H15ClN2O/c1-3-4-8-7-10(15)12-9(14)5-6-11(17-2)13(12)16-8/h5-7H,3-4H2,1-2H3,(H2,15,16). The van der Waals surface area contributed by atoms with Crippen LogP contribution < -0.4 is 10.5 Å². The number of anilines is 1. The summed E-state index contributed by atoms with van der Waals surface area (Å²) in [5.41, 5.74) is 8.40. The minimum Gasteiger partial charge on any atom is -0.494 e. The number of rotatable bonds is 3. The molecule has 0 saturated heterocycles. The summed E-state index contributed by atoms with van der Waals surface area (Å²) in [6, 6.07) is 5.48. The summed E-state index contributed by atoms with van der Waals surface area (Å²) in [6.45, 7) is 2.11. The van der Waals surface area contributed by atoms with Gasteiger partial charge in [0.25, 0.3) is 0 Å². The van der Waals surface area contributed by atoms with Gasteiger partial charge in [-0.1, -0.05) is 24.9 Å². The Morgan fingerprint density at radius 3 is 2.82 bits per heavy atom. The SMILES string of the molecule is CCCc1cc(N)c2c(Cl)ccc(OC)c2n1. The number of benzene rings is 1. The fraction of sp³-hybridized carbons (Fsp3) is 0.308. The van der Waals surface area contributed by atoms with Crippen LogP contribution in [0.3, 0.4) is 0 Å². The van der Waals surface area contributed by atoms with Crippen LogP contribution in [0.4, 0.5) is 5.69 Å². The van der Waals surface area contributed by atoms with E-state index in [1.165, 1.54) is 0 Å². The van der Waals surface area contributed by atoms with Crippen molar-refractivity contribution in [3.63, 3.8) is 0 Å². The normalized spacial score (nSPS) is 10.8. The number of hydrogen-bond donors (Lipinski definition) is 1. The number of pyridine rings is 1. The van der Waals surface area contributed by atoms with Crippen LogP contribution in [0.1, 0.15) is 19.0 Å². The summed E-state index contributed by atoms with van der Waals surface area (Å²) in [5, 5.41) is 1.37. The van der Waals surface area contributed by atoms with Gasteiger partial charge >= 0.3 is 0 Å². The molecule has 0 unspecified atom stereocenters. The highest BCUT2D eigenvalue weighted by Gasteiger charge is 2.11. The Morgan fingerprint density at radius 1 is 1.41 bits per heavy atom. The molecule has 17 heavy (non-hydrogen) atoms. The van der Waals surface area contributed by atoms with E-state index in [-0.39, 0.29) is 0 Å². The third-order valence-corrected chi connectivity index (χ3v) is 3.00. The number of aromatic nitrogens is 1. The van der Waals surface area contributed by atoms with Gasteiger partial charge in [0.05, 0.1) is 12.1 Å². The van der Waals surface area contributed by atoms with Crippen LogP contribution in [0, 0.1) is 0 Å². The molecular weight excluding hydrogens is 236 g/mol. The van der Waals surface area contributed by atoms with E-state index in [9.17, 15) is 0 Å². The number of methoxy groups -OCH3 is 1. The minimum absolute atomic E-state index is 0.605. The van der Waals surface area contributed by atoms with Gasteiger partial charge in [0.2, 0.25) is 0 Å². The molecule has 0 amide bonds. The van der Waals surface area contributed by atoms with E-state index in [4.69, 9.17) is 22.1 Å². The molecule has 0 aliphatic carbocycles. The summed E-state index contributed by atoms with van der Waals surface area (Å²) < 4.78 is 5.29. The van der Waals surface area contributed by atoms with Crippen molar-refractivity contribution < 1.29 is 4.74 Å². The first kappa shape index (κ1) is 12.0. The van der Waals surface area contributed by atoms with Crippen LogP contribution in [-0.4, -0.2) is 12.1 Å². The number of nitrogens with two attached hydrogens (primary N) is 1. The molecule has 2 rings (SSSR count). The maximum Gasteiger partial charge on any atom is 0.145 e. The Morgan fingerprint density at radius 2 is 2.18 bits per heavy atom. The molecule has 0 radical (unpaired) electrons. The van der Waals surface area contributed by atoms with E-state index in [0.717, 1.165) is 29.4 Å². The maximum absolute atomic E-state index is 6.15. The van der Waals surface area contributed by atoms with Crippen molar-refractivity contribution in [3.8, 4) is 5.75 Å². The lowest BCUT2D eigenvalue weighted by molar-refractivity contribution is 0.419. The van der Waals surface area contributed by atoms with Gasteiger partial charge in [0.1, 0.15) is 11.3 Å². The quantitative estimate of drug-likeness (QED) is 0.908. The van der Waals surface area contributed by atoms with Crippen molar-refractivity contribution in [3.05, 3.63) is 28.9 Å². The second-order valence-corrected chi connectivity index (χ2v) is 4.33. The van der Waals surface area contributed by atoms with Gasteiger partial charge in [0.15, 0.2) is 0 Å². The monoisotopic (exact) mass is 250 g/mol. The summed E-state index contributed by atoms with van der Waals surface area (Å²) in [5.74, 6) is 0.703. The fourth-order valence-corrected chi connectivity index (χ4v) is 2.17. The van der Waals surface area contributed by atoms with Gasteiger partial charge in [-0.05, 0) is 24.6 Å². The molecule has 0 bridgehead atoms. The predicted molar refractivity (Wildman–Crippen MR) is 71.7 cm³/mol. The van der Waals surface area contributed by atoms with Crippen LogP contribution in [0.15, 0.2) is 18.2 Å². The molecule has 4 heteroatoms. The van der Waals surface area contributed by atoms with Crippen LogP contribution in [0.2, 0.25) is 5.02 Å². The largest absolute Gasteiger partial charge is 0.494 e. The Kier molecular flexibility index (Phi) is 3.38. The van der Waals surface area contributed by atoms with E-state index in [2.05, 4.69) is 11.9 Å². The number of ether oxygens (including phenoxy) is 1. The third kappa shape index (κ3) is 2.15. The lowest BCUT2D eigenvalue weighted by Crippen LogP contribution is -1.98. The van der Waals surface area contributed by atoms with E-state index in [1.54, 1.807) is 13.2 Å². The molecule has 90 valence electrons. The van der Waals surface area contributed by atoms with Crippen molar-refractivity contribution in [2.45, 2.75) is 19.8 Å². The van der Waals surface area contributed by atoms with E-state index in [0.29, 0.717) is 16.5 Å². The van der Waals surface area contributed by atoms with Crippen molar-refractivity contribution in [1.82, 2.24) is 4.98 Å². The molecule has 2 aromatic rings. The van der Waals surface area contributed by atoms with Crippen molar-refractivity contribution in [2.24, 2.45) is 0 Å². The zero-order chi connectivity index (χ0) is 12.4. The van der Waals surface area contributed by atoms with E-state index >= 15 is 0 Å². The number of halogens is 1. The van der Waals surface area contributed by atoms with E-state index in [1.807, 2.05) is 12.1 Å². The lowest BCUT2D eigenvalue weighted by Gasteiger charge is -2.10. The molecule has 1 aromatic heterocycles. The van der Waals surface area contributed by atoms with Gasteiger partial charge < -0.3 is 10.5 Å². The molecular formula is C13H15ClN2O. The molecule has 0 atom stereocenters. The van der Waals surface area contributed by atoms with Crippen molar-refractivity contribution in [2.75, 3.05) is 12.8 Å². The number of fused-ring (bicyclic) bond motifs is 1. The second kappa shape index (κ2) is 4.80. The highest BCUT2D eigenvalue weighted by Crippen LogP contribution is 2.34. The molecule has 1 aromatic carbocycles. The highest BCUT2D eigenvalue weighted by molar-refractivity contribution is 6.36. The smallest absolute Gasteiger partial charge is 0.145 e. The van der Waals surface area contributed by atoms with Gasteiger partial charge in [-0.2, -0.15) is 0 Å². The van der Waals surface area contributed by atoms with E-state index < -0.39 is 0 Å². The third-order valence-electron chi connectivity index (χ3n) is 2.68. The number of hydrogen-bond acceptors (Lipinski definition) is 3. The Balaban J connectivity index is 2.75. The number of nitrogen functional groups attached to an aromatic ring is 1. The second-order valence-electron chi connectivity index (χ2n) is 3.93. The number of aryl methyl sites for hydroxylation is 1. The van der Waals surface area contributed by atoms with Crippen molar-refractivity contribution in [1.29, 1.82) is 0 Å². The summed E-state index contributed by atoms with van der Waals surface area (Å²) in [6.07, 6.45) is 1.93. The van der Waals surface area contributed by atoms with Crippen molar-refractivity contribution >= 4 is 28.2 Å². The zero-order valence-corrected chi connectivity index (χ0v) is 10.7. The first-order valence-corrected chi connectivity index (χ1v) is 5.96. The average Bonchev–Trinajstić information content (AvgIpc) is 2.29. The molecule has 0 spiro atoms. The molecule has 1 heterocycles. The van der Waals surface area contributed by atoms with Crippen LogP contribution in [0.5, 0.6) is 5.75 Å². The van der Waals surface area contributed by atoms with Gasteiger partial charge in [-0.15, -0.1) is 0 Å². The lowest BCUT2D eigenvalue weighted by atomic mass is 10.1. The topological polar surface area (TPSA) is 48.1 Å². The predicted octanol–water partition coefficient (Wildman–Crippen LogP) is 3.43. The molecule has 2 N–H and O–H groups in total. The van der Waals surface area contributed by atoms with Crippen LogP contribution in [0.25, 0.3) is 10.9 Å². The summed E-state index contributed by atoms with van der Waals surface area (Å²) in [7, 11) is 1.62.